The molecule has 27 heavy (non-hydrogen) atoms. The zero-order valence-electron chi connectivity index (χ0n) is 16.1. The number of guanidine groups is 1. The van der Waals surface area contributed by atoms with Gasteiger partial charge in [-0.2, -0.15) is 0 Å². The Morgan fingerprint density at radius 2 is 1.93 bits per heavy atom. The van der Waals surface area contributed by atoms with Crippen molar-refractivity contribution in [1.82, 2.24) is 5.32 Å². The van der Waals surface area contributed by atoms with E-state index in [9.17, 15) is 15.2 Å². The third-order valence-corrected chi connectivity index (χ3v) is 3.78. The molecule has 0 saturated heterocycles. The largest absolute Gasteiger partial charge is 0.491 e. The normalized spacial score (nSPS) is 13.6. The van der Waals surface area contributed by atoms with E-state index in [1.54, 1.807) is 0 Å². The van der Waals surface area contributed by atoms with Crippen LogP contribution in [0.5, 0.6) is 5.75 Å². The summed E-state index contributed by atoms with van der Waals surface area (Å²) in [6.45, 7) is 6.60. The number of nitrogens with zero attached hydrogens (tertiary/aromatic N) is 2. The summed E-state index contributed by atoms with van der Waals surface area (Å²) in [5, 5.41) is 23.6. The first-order chi connectivity index (χ1) is 12.3. The van der Waals surface area contributed by atoms with E-state index in [-0.39, 0.29) is 48.9 Å². The number of halogens is 1. The highest BCUT2D eigenvalue weighted by atomic mass is 127. The van der Waals surface area contributed by atoms with Crippen LogP contribution in [0.3, 0.4) is 0 Å². The first-order valence-electron chi connectivity index (χ1n) is 8.89. The monoisotopic (exact) mass is 494 g/mol. The standard InChI is InChI=1S/C18H30N4O4.HI/c1-13(2)5-4-6-14(3)21-18(19)20-11-16(23)12-26-17-9-7-15(8-10-17)22(24)25;/h7-10,13-14,16,23H,4-6,11-12H2,1-3H3,(H3,19,20,21);1H. The van der Waals surface area contributed by atoms with E-state index >= 15 is 0 Å². The Balaban J connectivity index is 0.00000676. The molecule has 0 heterocycles. The molecule has 0 bridgehead atoms. The van der Waals surface area contributed by atoms with E-state index in [0.29, 0.717) is 17.6 Å². The van der Waals surface area contributed by atoms with Crippen LogP contribution in [0, 0.1) is 16.0 Å². The fourth-order valence-corrected chi connectivity index (χ4v) is 2.32. The van der Waals surface area contributed by atoms with E-state index in [4.69, 9.17) is 10.5 Å². The molecular weight excluding hydrogens is 463 g/mol. The number of nitrogens with two attached hydrogens (primary N) is 1. The predicted molar refractivity (Wildman–Crippen MR) is 118 cm³/mol. The summed E-state index contributed by atoms with van der Waals surface area (Å²) in [5.74, 6) is 1.44. The Hall–Kier alpha value is -1.62. The van der Waals surface area contributed by atoms with Crippen molar-refractivity contribution in [3.8, 4) is 5.75 Å². The van der Waals surface area contributed by atoms with Gasteiger partial charge in [0.2, 0.25) is 0 Å². The summed E-state index contributed by atoms with van der Waals surface area (Å²) in [6.07, 6.45) is 2.51. The van der Waals surface area contributed by atoms with Gasteiger partial charge >= 0.3 is 0 Å². The number of ether oxygens (including phenoxy) is 1. The van der Waals surface area contributed by atoms with Gasteiger partial charge in [-0.3, -0.25) is 15.1 Å². The van der Waals surface area contributed by atoms with Crippen molar-refractivity contribution in [2.45, 2.75) is 52.2 Å². The molecule has 8 nitrogen and oxygen atoms in total. The van der Waals surface area contributed by atoms with Crippen LogP contribution < -0.4 is 15.8 Å². The zero-order valence-corrected chi connectivity index (χ0v) is 18.5. The number of aliphatic hydroxyl groups is 1. The van der Waals surface area contributed by atoms with E-state index < -0.39 is 11.0 Å². The van der Waals surface area contributed by atoms with E-state index in [1.165, 1.54) is 30.7 Å². The van der Waals surface area contributed by atoms with Crippen molar-refractivity contribution >= 4 is 35.6 Å². The quantitative estimate of drug-likeness (QED) is 0.143. The average Bonchev–Trinajstić information content (AvgIpc) is 2.58. The molecule has 1 aromatic rings. The molecule has 1 rings (SSSR count). The number of benzene rings is 1. The van der Waals surface area contributed by atoms with Gasteiger partial charge < -0.3 is 20.9 Å². The molecule has 0 radical (unpaired) electrons. The maximum Gasteiger partial charge on any atom is 0.269 e. The molecule has 2 atom stereocenters. The highest BCUT2D eigenvalue weighted by Crippen LogP contribution is 2.17. The van der Waals surface area contributed by atoms with Crippen molar-refractivity contribution in [2.24, 2.45) is 16.6 Å². The van der Waals surface area contributed by atoms with Crippen molar-refractivity contribution in [1.29, 1.82) is 0 Å². The Bertz CT molecular complexity index is 581. The van der Waals surface area contributed by atoms with Crippen LogP contribution in [-0.4, -0.2) is 41.3 Å². The van der Waals surface area contributed by atoms with Crippen LogP contribution in [0.4, 0.5) is 5.69 Å². The molecule has 0 saturated carbocycles. The number of aliphatic imine (C=N–C) groups is 1. The summed E-state index contributed by atoms with van der Waals surface area (Å²) < 4.78 is 5.39. The van der Waals surface area contributed by atoms with Crippen LogP contribution in [-0.2, 0) is 0 Å². The van der Waals surface area contributed by atoms with Crippen LogP contribution >= 0.6 is 24.0 Å². The van der Waals surface area contributed by atoms with Crippen molar-refractivity contribution < 1.29 is 14.8 Å². The maximum absolute atomic E-state index is 10.6. The highest BCUT2D eigenvalue weighted by Gasteiger charge is 2.08. The second-order valence-corrected chi connectivity index (χ2v) is 6.81. The van der Waals surface area contributed by atoms with Gasteiger partial charge in [0.1, 0.15) is 18.5 Å². The van der Waals surface area contributed by atoms with Crippen molar-refractivity contribution in [3.63, 3.8) is 0 Å². The van der Waals surface area contributed by atoms with E-state index in [2.05, 4.69) is 31.1 Å². The molecule has 0 aliphatic carbocycles. The lowest BCUT2D eigenvalue weighted by molar-refractivity contribution is -0.384. The lowest BCUT2D eigenvalue weighted by Gasteiger charge is -2.16. The number of nitrogens with one attached hydrogen (secondary N) is 1. The molecule has 0 fully saturated rings. The Labute approximate surface area is 177 Å². The number of nitro benzene ring substituents is 1. The van der Waals surface area contributed by atoms with Crippen molar-refractivity contribution in [3.05, 3.63) is 34.4 Å². The van der Waals surface area contributed by atoms with Gasteiger partial charge in [-0.15, -0.1) is 24.0 Å². The SMILES string of the molecule is CC(C)CCCC(C)NC(N)=NCC(O)COc1ccc([N+](=O)[O-])cc1.I. The molecule has 0 amide bonds. The molecule has 9 heteroatoms. The minimum Gasteiger partial charge on any atom is -0.491 e. The number of nitro groups is 1. The number of aliphatic hydroxyl groups excluding tert-OH is 1. The summed E-state index contributed by atoms with van der Waals surface area (Å²) >= 11 is 0. The minimum atomic E-state index is -0.818. The summed E-state index contributed by atoms with van der Waals surface area (Å²) in [5.41, 5.74) is 5.82. The van der Waals surface area contributed by atoms with Gasteiger partial charge in [0.05, 0.1) is 11.5 Å². The van der Waals surface area contributed by atoms with Gasteiger partial charge in [0, 0.05) is 18.2 Å². The third kappa shape index (κ3) is 11.6. The maximum atomic E-state index is 10.6. The number of hydrogen-bond acceptors (Lipinski definition) is 5. The second kappa shape index (κ2) is 13.5. The first-order valence-corrected chi connectivity index (χ1v) is 8.89. The number of hydrogen-bond donors (Lipinski definition) is 3. The van der Waals surface area contributed by atoms with Crippen LogP contribution in [0.1, 0.15) is 40.0 Å². The molecule has 0 aromatic heterocycles. The lowest BCUT2D eigenvalue weighted by atomic mass is 10.0. The van der Waals surface area contributed by atoms with E-state index in [0.717, 1.165) is 12.8 Å². The zero-order chi connectivity index (χ0) is 19.5. The molecule has 154 valence electrons. The third-order valence-electron chi connectivity index (χ3n) is 3.78. The number of rotatable bonds is 11. The fourth-order valence-electron chi connectivity index (χ4n) is 2.32. The molecule has 0 aliphatic rings. The molecule has 0 spiro atoms. The second-order valence-electron chi connectivity index (χ2n) is 6.81. The summed E-state index contributed by atoms with van der Waals surface area (Å²) in [6, 6.07) is 5.91. The Morgan fingerprint density at radius 1 is 1.30 bits per heavy atom. The smallest absolute Gasteiger partial charge is 0.269 e. The van der Waals surface area contributed by atoms with Gasteiger partial charge in [-0.25, -0.2) is 0 Å². The average molecular weight is 494 g/mol. The highest BCUT2D eigenvalue weighted by molar-refractivity contribution is 14.0. The van der Waals surface area contributed by atoms with Gasteiger partial charge in [-0.1, -0.05) is 26.7 Å². The molecular formula is C18H31IN4O4. The van der Waals surface area contributed by atoms with Gasteiger partial charge in [0.25, 0.3) is 5.69 Å². The Morgan fingerprint density at radius 3 is 2.48 bits per heavy atom. The van der Waals surface area contributed by atoms with Gasteiger partial charge in [0.15, 0.2) is 5.96 Å². The van der Waals surface area contributed by atoms with Crippen LogP contribution in [0.2, 0.25) is 0 Å². The molecule has 0 aliphatic heterocycles. The van der Waals surface area contributed by atoms with Crippen LogP contribution in [0.15, 0.2) is 29.3 Å². The first kappa shape index (κ1) is 25.4. The van der Waals surface area contributed by atoms with E-state index in [1.807, 2.05) is 0 Å². The predicted octanol–water partition coefficient (Wildman–Crippen LogP) is 3.07. The summed E-state index contributed by atoms with van der Waals surface area (Å²) in [4.78, 5) is 14.2. The Kier molecular flexibility index (Phi) is 12.7. The summed E-state index contributed by atoms with van der Waals surface area (Å²) in [7, 11) is 0. The fraction of sp³-hybridized carbons (Fsp3) is 0.611. The molecule has 1 aromatic carbocycles. The lowest BCUT2D eigenvalue weighted by Crippen LogP contribution is -2.39. The topological polar surface area (TPSA) is 123 Å². The molecule has 2 unspecified atom stereocenters. The van der Waals surface area contributed by atoms with Crippen LogP contribution in [0.25, 0.3) is 0 Å². The van der Waals surface area contributed by atoms with Crippen molar-refractivity contribution in [2.75, 3.05) is 13.2 Å². The minimum absolute atomic E-state index is 0. The molecule has 4 N–H and O–H groups in total. The van der Waals surface area contributed by atoms with Gasteiger partial charge in [-0.05, 0) is 31.4 Å². The number of non-ortho nitro benzene ring substituents is 1.